The molecule has 0 unspecified atom stereocenters. The van der Waals surface area contributed by atoms with E-state index in [1.807, 2.05) is 42.5 Å². The number of rotatable bonds is 9. The average Bonchev–Trinajstić information content (AvgIpc) is 3.16. The molecule has 7 nitrogen and oxygen atoms in total. The van der Waals surface area contributed by atoms with Gasteiger partial charge in [-0.2, -0.15) is 0 Å². The number of carbonyl (C=O) groups is 2. The molecule has 0 aliphatic carbocycles. The summed E-state index contributed by atoms with van der Waals surface area (Å²) in [7, 11) is -6.09. The van der Waals surface area contributed by atoms with Crippen molar-refractivity contribution in [2.24, 2.45) is 5.92 Å². The van der Waals surface area contributed by atoms with Crippen LogP contribution in [0.15, 0.2) is 114 Å². The Morgan fingerprint density at radius 3 is 1.75 bits per heavy atom. The largest absolute Gasteiger partial charge is 0.534 e. The summed E-state index contributed by atoms with van der Waals surface area (Å²) in [6.07, 6.45) is 7.25. The Morgan fingerprint density at radius 1 is 0.698 bits per heavy atom. The zero-order chi connectivity index (χ0) is 47.2. The van der Waals surface area contributed by atoms with Crippen LogP contribution in [-0.2, 0) is 29.6 Å². The summed E-state index contributed by atoms with van der Waals surface area (Å²) in [6.45, 7) is 35.2. The molecule has 0 spiro atoms. The molecule has 0 saturated heterocycles. The van der Waals surface area contributed by atoms with Crippen molar-refractivity contribution in [3.8, 4) is 5.75 Å². The van der Waals surface area contributed by atoms with Gasteiger partial charge in [-0.3, -0.25) is 9.59 Å². The second-order valence-electron chi connectivity index (χ2n) is 21.8. The highest BCUT2D eigenvalue weighted by Gasteiger charge is 2.52. The lowest BCUT2D eigenvalue weighted by atomic mass is 9.94. The van der Waals surface area contributed by atoms with Gasteiger partial charge in [-0.1, -0.05) is 154 Å². The molecule has 1 heterocycles. The molecule has 1 aliphatic rings. The van der Waals surface area contributed by atoms with Crippen LogP contribution in [0.3, 0.4) is 0 Å². The summed E-state index contributed by atoms with van der Waals surface area (Å²) in [4.78, 5) is 28.6. The number of carbonyl (C=O) groups excluding carboxylic acids is 2. The Bertz CT molecular complexity index is 2070. The minimum Gasteiger partial charge on any atom is -0.534 e. The first kappa shape index (κ1) is 52.0. The molecular weight excluding hydrogens is 831 g/mol. The van der Waals surface area contributed by atoms with Gasteiger partial charge in [0.15, 0.2) is 22.4 Å². The van der Waals surface area contributed by atoms with Gasteiger partial charge >= 0.3 is 8.32 Å². The number of hydrogen-bond acceptors (Lipinski definition) is 6. The number of fused-ring (bicyclic) bond motifs is 2. The van der Waals surface area contributed by atoms with Crippen molar-refractivity contribution < 1.29 is 27.6 Å². The topological polar surface area (TPSA) is 83.1 Å². The molecule has 0 radical (unpaired) electrons. The van der Waals surface area contributed by atoms with Crippen LogP contribution in [0, 0.1) is 5.92 Å². The smallest absolute Gasteiger partial charge is 0.319 e. The fraction of sp³-hybridized carbons (Fsp3) is 0.509. The number of Topliss-reactive ketones (excluding diaryl/α,β-unsaturated/α-hetero) is 1. The molecule has 10 heteroatoms. The number of amides is 1. The number of anilines is 1. The molecule has 3 aromatic carbocycles. The average molecular weight is 910 g/mol. The third-order valence-electron chi connectivity index (χ3n) is 13.5. The lowest BCUT2D eigenvalue weighted by Crippen LogP contribution is -2.68. The minimum atomic E-state index is -3.01. The van der Waals surface area contributed by atoms with Gasteiger partial charge in [0.25, 0.3) is 0 Å². The molecule has 0 fully saturated rings. The molecule has 63 heavy (non-hydrogen) atoms. The minimum absolute atomic E-state index is 0.0365. The van der Waals surface area contributed by atoms with Crippen molar-refractivity contribution >= 4 is 52.7 Å². The molecule has 0 aromatic heterocycles. The molecule has 2 bridgehead atoms. The Labute approximate surface area is 384 Å². The van der Waals surface area contributed by atoms with E-state index in [1.165, 1.54) is 10.4 Å². The van der Waals surface area contributed by atoms with Crippen LogP contribution in [0.5, 0.6) is 5.75 Å². The molecule has 0 saturated carbocycles. The highest BCUT2D eigenvalue weighted by molar-refractivity contribution is 7.00. The number of allylic oxidation sites excluding steroid dienone is 3. The summed E-state index contributed by atoms with van der Waals surface area (Å²) in [5.74, 6) is 0.363. The first-order valence-corrected chi connectivity index (χ1v) is 30.5. The summed E-state index contributed by atoms with van der Waals surface area (Å²) in [5, 5.41) is 5.23. The molecular formula is C53H79NO6Si3. The van der Waals surface area contributed by atoms with Crippen molar-refractivity contribution in [2.75, 3.05) is 12.4 Å². The van der Waals surface area contributed by atoms with E-state index in [0.717, 1.165) is 16.7 Å². The van der Waals surface area contributed by atoms with Gasteiger partial charge in [-0.15, -0.1) is 0 Å². The van der Waals surface area contributed by atoms with Crippen LogP contribution in [0.4, 0.5) is 5.69 Å². The van der Waals surface area contributed by atoms with E-state index in [2.05, 4.69) is 175 Å². The predicted octanol–water partition coefficient (Wildman–Crippen LogP) is 12.3. The van der Waals surface area contributed by atoms with E-state index in [1.54, 1.807) is 7.11 Å². The molecule has 1 N–H and O–H groups in total. The van der Waals surface area contributed by atoms with Gasteiger partial charge in [-0.05, 0) is 107 Å². The second-order valence-corrected chi connectivity index (χ2v) is 35.6. The van der Waals surface area contributed by atoms with Crippen molar-refractivity contribution in [1.82, 2.24) is 0 Å². The standard InChI is InChI=1S/C53H79NO6Si3/c1-38-25-24-30-47(57-13)46(55)36-48(59-61(14,15)51(4,5)6)39(2)32-40(3)49(60-62(16,17)52(7,8)9)37-50(56)54-42-33-41(31-38)34-43(35-42)58-63(53(10,11)12,44-26-20-18-21-27-44)45-28-22-19-23-29-45/h18-30,32-35,39,47-49H,31,36-37H2,1-17H3,(H,54,56)/b30-24+,38-25+,40-32+/t39-,47+,48-,49-/m0/s1. The Kier molecular flexibility index (Phi) is 17.1. The van der Waals surface area contributed by atoms with E-state index in [-0.39, 0.29) is 45.6 Å². The molecule has 1 amide bonds. The Balaban J connectivity index is 1.91. The van der Waals surface area contributed by atoms with Crippen molar-refractivity contribution in [3.05, 3.63) is 120 Å². The van der Waals surface area contributed by atoms with Gasteiger partial charge < -0.3 is 23.3 Å². The van der Waals surface area contributed by atoms with Crippen LogP contribution in [-0.4, -0.2) is 62.1 Å². The number of benzene rings is 3. The van der Waals surface area contributed by atoms with Gasteiger partial charge in [0.05, 0.1) is 18.6 Å². The van der Waals surface area contributed by atoms with Gasteiger partial charge in [0.2, 0.25) is 5.91 Å². The molecule has 3 aromatic rings. The van der Waals surface area contributed by atoms with Crippen molar-refractivity contribution in [3.63, 3.8) is 0 Å². The third kappa shape index (κ3) is 13.2. The zero-order valence-electron chi connectivity index (χ0n) is 41.7. The summed E-state index contributed by atoms with van der Waals surface area (Å²) < 4.78 is 27.5. The number of hydrogen-bond donors (Lipinski definition) is 1. The number of ketones is 1. The van der Waals surface area contributed by atoms with E-state index in [0.29, 0.717) is 17.9 Å². The first-order valence-electron chi connectivity index (χ1n) is 22.8. The van der Waals surface area contributed by atoms with Crippen LogP contribution >= 0.6 is 0 Å². The number of nitrogens with one attached hydrogen (secondary N) is 1. The zero-order valence-corrected chi connectivity index (χ0v) is 44.7. The SMILES string of the molecule is CO[C@@H]1/C=C/C=C(\C)Cc2cc(cc(O[Si](c3ccccc3)(c3ccccc3)C(C)(C)C)c2)NC(=O)C[C@H](O[Si](C)(C)C(C)(C)C)/C(C)=C/[C@H](C)[C@@H](O[Si](C)(C)C(C)(C)C)CC1=O. The third-order valence-corrected chi connectivity index (χ3v) is 27.5. The quantitative estimate of drug-likeness (QED) is 0.170. The highest BCUT2D eigenvalue weighted by atomic mass is 28.4. The molecule has 344 valence electrons. The Morgan fingerprint density at radius 2 is 1.24 bits per heavy atom. The summed E-state index contributed by atoms with van der Waals surface area (Å²) in [6, 6.07) is 27.3. The van der Waals surface area contributed by atoms with Crippen LogP contribution in [0.25, 0.3) is 0 Å². The fourth-order valence-corrected chi connectivity index (χ4v) is 14.9. The van der Waals surface area contributed by atoms with Gasteiger partial charge in [-0.25, -0.2) is 0 Å². The molecule has 1 aliphatic heterocycles. The Hall–Kier alpha value is -3.65. The number of ether oxygens (including phenoxy) is 1. The monoisotopic (exact) mass is 910 g/mol. The maximum Gasteiger partial charge on any atom is 0.319 e. The highest BCUT2D eigenvalue weighted by Crippen LogP contribution is 2.42. The maximum absolute atomic E-state index is 14.5. The predicted molar refractivity (Wildman–Crippen MR) is 272 cm³/mol. The molecule has 4 rings (SSSR count). The lowest BCUT2D eigenvalue weighted by molar-refractivity contribution is -0.128. The summed E-state index contributed by atoms with van der Waals surface area (Å²) in [5.41, 5.74) is 3.68. The van der Waals surface area contributed by atoms with Crippen molar-refractivity contribution in [1.29, 1.82) is 0 Å². The van der Waals surface area contributed by atoms with Crippen LogP contribution in [0.1, 0.15) is 101 Å². The normalized spacial score (nSPS) is 22.9. The van der Waals surface area contributed by atoms with Gasteiger partial charge in [0, 0.05) is 25.3 Å². The van der Waals surface area contributed by atoms with Crippen LogP contribution < -0.4 is 20.1 Å². The van der Waals surface area contributed by atoms with E-state index in [4.69, 9.17) is 18.0 Å². The van der Waals surface area contributed by atoms with Crippen molar-refractivity contribution in [2.45, 2.75) is 162 Å². The van der Waals surface area contributed by atoms with Crippen LogP contribution in [0.2, 0.25) is 41.3 Å². The lowest BCUT2D eigenvalue weighted by Gasteiger charge is -2.43. The van der Waals surface area contributed by atoms with E-state index < -0.39 is 43.3 Å². The fourth-order valence-electron chi connectivity index (χ4n) is 7.78. The molecule has 4 atom stereocenters. The van der Waals surface area contributed by atoms with E-state index >= 15 is 0 Å². The van der Waals surface area contributed by atoms with E-state index in [9.17, 15) is 9.59 Å². The number of methoxy groups -OCH3 is 1. The second kappa shape index (κ2) is 20.7. The maximum atomic E-state index is 14.5. The van der Waals surface area contributed by atoms with Gasteiger partial charge in [0.1, 0.15) is 11.9 Å². The summed E-state index contributed by atoms with van der Waals surface area (Å²) >= 11 is 0. The first-order chi connectivity index (χ1) is 29.1.